The average Bonchev–Trinajstić information content (AvgIpc) is 2.60. The number of pyridine rings is 1. The Balaban J connectivity index is 2.65. The van der Waals surface area contributed by atoms with Crippen molar-refractivity contribution >= 4 is 23.4 Å². The maximum absolute atomic E-state index is 12.7. The van der Waals surface area contributed by atoms with Crippen LogP contribution in [0.1, 0.15) is 48.6 Å². The Kier molecular flexibility index (Phi) is 5.38. The normalized spacial score (nSPS) is 13.2. The molecular formula is C21H24ClNO5. The third kappa shape index (κ3) is 5.23. The van der Waals surface area contributed by atoms with Crippen molar-refractivity contribution in [1.82, 2.24) is 4.57 Å². The fourth-order valence-electron chi connectivity index (χ4n) is 2.65. The summed E-state index contributed by atoms with van der Waals surface area (Å²) >= 11 is 6.09. The molecule has 1 heterocycles. The van der Waals surface area contributed by atoms with Crippen LogP contribution in [0.5, 0.6) is 5.75 Å². The minimum Gasteiger partial charge on any atom is -0.495 e. The van der Waals surface area contributed by atoms with Crippen LogP contribution in [0.2, 0.25) is 5.02 Å². The van der Waals surface area contributed by atoms with Gasteiger partial charge in [-0.05, 0) is 44.5 Å². The van der Waals surface area contributed by atoms with Gasteiger partial charge in [0.1, 0.15) is 17.9 Å². The van der Waals surface area contributed by atoms with Gasteiger partial charge in [-0.15, -0.1) is 0 Å². The van der Waals surface area contributed by atoms with Crippen LogP contribution in [-0.2, 0) is 16.1 Å². The van der Waals surface area contributed by atoms with Gasteiger partial charge in [0.25, 0.3) is 5.56 Å². The molecule has 150 valence electrons. The van der Waals surface area contributed by atoms with Crippen LogP contribution in [-0.4, -0.2) is 29.0 Å². The SMILES string of the molecule is [2H]C([2H])([2H])Oc1cn(CC(=O)OC(C)(C)C)c(=O)cc1-c1cc(Cl)ccc1C(=O)CC. The molecule has 0 saturated heterocycles. The highest BCUT2D eigenvalue weighted by atomic mass is 35.5. The Hall–Kier alpha value is -2.60. The van der Waals surface area contributed by atoms with Gasteiger partial charge >= 0.3 is 5.97 Å². The number of Topliss-reactive ketones (excluding diaryl/α,β-unsaturated/α-hetero) is 1. The summed E-state index contributed by atoms with van der Waals surface area (Å²) in [6, 6.07) is 5.62. The summed E-state index contributed by atoms with van der Waals surface area (Å²) in [7, 11) is -2.84. The van der Waals surface area contributed by atoms with Gasteiger partial charge in [-0.2, -0.15) is 0 Å². The van der Waals surface area contributed by atoms with E-state index in [1.165, 1.54) is 18.2 Å². The lowest BCUT2D eigenvalue weighted by Gasteiger charge is -2.20. The molecule has 0 bridgehead atoms. The smallest absolute Gasteiger partial charge is 0.326 e. The van der Waals surface area contributed by atoms with Crippen LogP contribution in [0.15, 0.2) is 35.3 Å². The zero-order chi connectivity index (χ0) is 23.6. The summed E-state index contributed by atoms with van der Waals surface area (Å²) < 4.78 is 33.7. The number of methoxy groups -OCH3 is 1. The quantitative estimate of drug-likeness (QED) is 0.531. The molecule has 0 unspecified atom stereocenters. The summed E-state index contributed by atoms with van der Waals surface area (Å²) in [6.07, 6.45) is 1.31. The number of carbonyl (C=O) groups is 2. The molecule has 7 heteroatoms. The molecule has 0 saturated carbocycles. The monoisotopic (exact) mass is 408 g/mol. The van der Waals surface area contributed by atoms with E-state index in [2.05, 4.69) is 0 Å². The summed E-state index contributed by atoms with van der Waals surface area (Å²) in [5.74, 6) is -1.09. The Morgan fingerprint density at radius 3 is 2.54 bits per heavy atom. The Morgan fingerprint density at radius 2 is 1.93 bits per heavy atom. The molecule has 0 aliphatic carbocycles. The van der Waals surface area contributed by atoms with Crippen LogP contribution < -0.4 is 10.3 Å². The van der Waals surface area contributed by atoms with Crippen molar-refractivity contribution in [2.75, 3.05) is 7.04 Å². The van der Waals surface area contributed by atoms with Crippen LogP contribution in [0.3, 0.4) is 0 Å². The number of halogens is 1. The highest BCUT2D eigenvalue weighted by molar-refractivity contribution is 6.31. The number of hydrogen-bond acceptors (Lipinski definition) is 5. The van der Waals surface area contributed by atoms with E-state index in [9.17, 15) is 14.4 Å². The molecule has 1 aromatic carbocycles. The average molecular weight is 409 g/mol. The first-order valence-corrected chi connectivity index (χ1v) is 9.06. The number of benzene rings is 1. The lowest BCUT2D eigenvalue weighted by Crippen LogP contribution is -2.30. The van der Waals surface area contributed by atoms with Crippen LogP contribution >= 0.6 is 11.6 Å². The van der Waals surface area contributed by atoms with E-state index in [-0.39, 0.29) is 34.6 Å². The molecule has 0 fully saturated rings. The second-order valence-electron chi connectivity index (χ2n) is 7.17. The number of esters is 1. The van der Waals surface area contributed by atoms with Gasteiger partial charge in [0.15, 0.2) is 5.78 Å². The summed E-state index contributed by atoms with van der Waals surface area (Å²) in [6.45, 7) is 6.30. The van der Waals surface area contributed by atoms with Crippen molar-refractivity contribution in [3.8, 4) is 16.9 Å². The fourth-order valence-corrected chi connectivity index (χ4v) is 2.83. The van der Waals surface area contributed by atoms with E-state index in [4.69, 9.17) is 25.2 Å². The number of ketones is 1. The number of nitrogens with zero attached hydrogens (tertiary/aromatic N) is 1. The largest absolute Gasteiger partial charge is 0.495 e. The van der Waals surface area contributed by atoms with Gasteiger partial charge in [-0.1, -0.05) is 18.5 Å². The number of rotatable bonds is 6. The lowest BCUT2D eigenvalue weighted by atomic mass is 9.96. The number of carbonyl (C=O) groups excluding carboxylic acids is 2. The summed E-state index contributed by atoms with van der Waals surface area (Å²) in [5, 5.41) is 0.292. The Morgan fingerprint density at radius 1 is 1.21 bits per heavy atom. The van der Waals surface area contributed by atoms with E-state index < -0.39 is 30.7 Å². The van der Waals surface area contributed by atoms with Crippen LogP contribution in [0.25, 0.3) is 11.1 Å². The van der Waals surface area contributed by atoms with E-state index in [1.807, 2.05) is 0 Å². The topological polar surface area (TPSA) is 74.6 Å². The maximum atomic E-state index is 12.7. The standard InChI is InChI=1S/C21H24ClNO5/c1-6-17(24)14-8-7-13(22)9-15(14)16-10-19(25)23(11-18(16)27-5)12-20(26)28-21(2,3)4/h7-11H,6,12H2,1-5H3/i5D3. The van der Waals surface area contributed by atoms with Crippen molar-refractivity contribution in [2.45, 2.75) is 46.3 Å². The van der Waals surface area contributed by atoms with Gasteiger partial charge in [-0.3, -0.25) is 14.4 Å². The molecule has 2 rings (SSSR count). The van der Waals surface area contributed by atoms with Crippen LogP contribution in [0.4, 0.5) is 0 Å². The number of ether oxygens (including phenoxy) is 2. The van der Waals surface area contributed by atoms with Gasteiger partial charge in [-0.25, -0.2) is 0 Å². The van der Waals surface area contributed by atoms with Crippen molar-refractivity contribution < 1.29 is 23.2 Å². The van der Waals surface area contributed by atoms with E-state index >= 15 is 0 Å². The molecule has 0 N–H and O–H groups in total. The highest BCUT2D eigenvalue weighted by Crippen LogP contribution is 2.33. The molecule has 0 aliphatic heterocycles. The molecule has 0 aliphatic rings. The van der Waals surface area contributed by atoms with E-state index in [0.29, 0.717) is 5.02 Å². The minimum atomic E-state index is -2.84. The molecule has 0 radical (unpaired) electrons. The van der Waals surface area contributed by atoms with Gasteiger partial charge in [0.05, 0.1) is 17.3 Å². The predicted molar refractivity (Wildman–Crippen MR) is 108 cm³/mol. The van der Waals surface area contributed by atoms with Crippen LogP contribution in [0, 0.1) is 0 Å². The number of hydrogen-bond donors (Lipinski definition) is 0. The Bertz CT molecular complexity index is 1050. The molecule has 28 heavy (non-hydrogen) atoms. The molecular weight excluding hydrogens is 382 g/mol. The summed E-state index contributed by atoms with van der Waals surface area (Å²) in [4.78, 5) is 37.3. The molecule has 0 atom stereocenters. The molecule has 2 aromatic rings. The predicted octanol–water partition coefficient (Wildman–Crippen LogP) is 4.11. The van der Waals surface area contributed by atoms with Gasteiger partial charge in [0.2, 0.25) is 0 Å². The second-order valence-corrected chi connectivity index (χ2v) is 7.61. The van der Waals surface area contributed by atoms with Crippen molar-refractivity contribution in [3.05, 3.63) is 51.4 Å². The molecule has 6 nitrogen and oxygen atoms in total. The first-order chi connectivity index (χ1) is 14.2. The molecule has 1 aromatic heterocycles. The second kappa shape index (κ2) is 8.61. The third-order valence-corrected chi connectivity index (χ3v) is 4.05. The van der Waals surface area contributed by atoms with Crippen molar-refractivity contribution in [3.63, 3.8) is 0 Å². The van der Waals surface area contributed by atoms with E-state index in [1.54, 1.807) is 27.7 Å². The maximum Gasteiger partial charge on any atom is 0.326 e. The number of aromatic nitrogens is 1. The first kappa shape index (κ1) is 17.5. The van der Waals surface area contributed by atoms with Crippen molar-refractivity contribution in [2.24, 2.45) is 0 Å². The lowest BCUT2D eigenvalue weighted by molar-refractivity contribution is -0.155. The fraction of sp³-hybridized carbons (Fsp3) is 0.381. The van der Waals surface area contributed by atoms with Gasteiger partial charge in [0, 0.05) is 28.6 Å². The molecule has 0 amide bonds. The van der Waals surface area contributed by atoms with Gasteiger partial charge < -0.3 is 14.0 Å². The zero-order valence-electron chi connectivity index (χ0n) is 19.2. The third-order valence-electron chi connectivity index (χ3n) is 3.81. The molecule has 0 spiro atoms. The first-order valence-electron chi connectivity index (χ1n) is 10.2. The van der Waals surface area contributed by atoms with Crippen molar-refractivity contribution in [1.29, 1.82) is 0 Å². The summed E-state index contributed by atoms with van der Waals surface area (Å²) in [5.41, 5.74) is -0.740. The minimum absolute atomic E-state index is 0.0841. The highest BCUT2D eigenvalue weighted by Gasteiger charge is 2.20. The Labute approximate surface area is 173 Å². The zero-order valence-corrected chi connectivity index (χ0v) is 16.9. The van der Waals surface area contributed by atoms with E-state index in [0.717, 1.165) is 16.8 Å².